The van der Waals surface area contributed by atoms with Crippen molar-refractivity contribution in [2.24, 2.45) is 17.6 Å². The van der Waals surface area contributed by atoms with Gasteiger partial charge in [-0.05, 0) is 63.7 Å². The normalized spacial score (nSPS) is 37.4. The van der Waals surface area contributed by atoms with Crippen LogP contribution in [0.4, 0.5) is 0 Å². The minimum absolute atomic E-state index is 0.198. The second kappa shape index (κ2) is 5.06. The average molecular weight is 291 g/mol. The highest BCUT2D eigenvalue weighted by atomic mass is 16.5. The summed E-state index contributed by atoms with van der Waals surface area (Å²) in [5, 5.41) is 4.28. The molecule has 3 aliphatic carbocycles. The van der Waals surface area contributed by atoms with E-state index >= 15 is 0 Å². The van der Waals surface area contributed by atoms with E-state index < -0.39 is 0 Å². The smallest absolute Gasteiger partial charge is 0.231 e. The van der Waals surface area contributed by atoms with E-state index in [0.717, 1.165) is 24.6 Å². The Balaban J connectivity index is 1.61. The first-order valence-corrected chi connectivity index (χ1v) is 8.47. The summed E-state index contributed by atoms with van der Waals surface area (Å²) in [6, 6.07) is 0.198. The molecule has 5 nitrogen and oxygen atoms in total. The fraction of sp³-hybridized carbons (Fsp3) is 0.875. The van der Waals surface area contributed by atoms with Gasteiger partial charge in [-0.15, -0.1) is 0 Å². The van der Waals surface area contributed by atoms with Crippen LogP contribution >= 0.6 is 0 Å². The van der Waals surface area contributed by atoms with Crippen LogP contribution in [0.3, 0.4) is 0 Å². The van der Waals surface area contributed by atoms with E-state index in [2.05, 4.69) is 5.16 Å². The van der Waals surface area contributed by atoms with Gasteiger partial charge in [-0.2, -0.15) is 4.98 Å². The standard InChI is InChI=1S/C16H25N3O2/c1-2-20-16(7-3-4-8-16)15-18-14(21-19-15)12-10-5-6-11(9-10)13(12)17/h10-13H,2-9,17H2,1H3. The van der Waals surface area contributed by atoms with Gasteiger partial charge in [0, 0.05) is 12.6 Å². The molecule has 0 saturated heterocycles. The number of hydrogen-bond acceptors (Lipinski definition) is 5. The molecule has 4 unspecified atom stereocenters. The molecule has 1 heterocycles. The van der Waals surface area contributed by atoms with Crippen LogP contribution in [-0.4, -0.2) is 22.8 Å². The molecule has 4 rings (SSSR count). The van der Waals surface area contributed by atoms with Crippen LogP contribution in [0, 0.1) is 11.8 Å². The summed E-state index contributed by atoms with van der Waals surface area (Å²) in [7, 11) is 0. The lowest BCUT2D eigenvalue weighted by atomic mass is 9.85. The van der Waals surface area contributed by atoms with E-state index in [4.69, 9.17) is 20.0 Å². The summed E-state index contributed by atoms with van der Waals surface area (Å²) >= 11 is 0. The Hall–Kier alpha value is -0.940. The van der Waals surface area contributed by atoms with E-state index in [0.29, 0.717) is 18.4 Å². The van der Waals surface area contributed by atoms with Crippen molar-refractivity contribution >= 4 is 0 Å². The molecule has 3 saturated carbocycles. The monoisotopic (exact) mass is 291 g/mol. The molecule has 2 bridgehead atoms. The highest BCUT2D eigenvalue weighted by molar-refractivity contribution is 5.14. The molecule has 0 aromatic carbocycles. The van der Waals surface area contributed by atoms with Gasteiger partial charge in [-0.3, -0.25) is 0 Å². The highest BCUT2D eigenvalue weighted by Crippen LogP contribution is 2.52. The number of nitrogens with zero attached hydrogens (tertiary/aromatic N) is 2. The van der Waals surface area contributed by atoms with Gasteiger partial charge in [-0.1, -0.05) is 5.16 Å². The molecule has 1 aromatic heterocycles. The summed E-state index contributed by atoms with van der Waals surface area (Å²) in [6.07, 6.45) is 8.13. The lowest BCUT2D eigenvalue weighted by Gasteiger charge is -2.26. The predicted molar refractivity (Wildman–Crippen MR) is 77.6 cm³/mol. The number of rotatable bonds is 4. The lowest BCUT2D eigenvalue weighted by molar-refractivity contribution is -0.0469. The molecule has 0 aliphatic heterocycles. The molecule has 5 heteroatoms. The average Bonchev–Trinajstić information content (AvgIpc) is 3.23. The van der Waals surface area contributed by atoms with Crippen LogP contribution in [0.2, 0.25) is 0 Å². The van der Waals surface area contributed by atoms with E-state index in [-0.39, 0.29) is 17.6 Å². The molecule has 3 fully saturated rings. The van der Waals surface area contributed by atoms with Crippen molar-refractivity contribution in [3.8, 4) is 0 Å². The van der Waals surface area contributed by atoms with Crippen LogP contribution in [-0.2, 0) is 10.3 Å². The predicted octanol–water partition coefficient (Wildman–Crippen LogP) is 2.72. The number of hydrogen-bond donors (Lipinski definition) is 1. The van der Waals surface area contributed by atoms with Crippen molar-refractivity contribution in [3.63, 3.8) is 0 Å². The van der Waals surface area contributed by atoms with Crippen molar-refractivity contribution in [1.29, 1.82) is 0 Å². The van der Waals surface area contributed by atoms with Gasteiger partial charge >= 0.3 is 0 Å². The van der Waals surface area contributed by atoms with Gasteiger partial charge < -0.3 is 15.0 Å². The number of ether oxygens (including phenoxy) is 1. The second-order valence-corrected chi connectivity index (χ2v) is 7.03. The summed E-state index contributed by atoms with van der Waals surface area (Å²) < 4.78 is 11.7. The number of aromatic nitrogens is 2. The largest absolute Gasteiger partial charge is 0.367 e. The number of fused-ring (bicyclic) bond motifs is 2. The zero-order valence-electron chi connectivity index (χ0n) is 12.8. The van der Waals surface area contributed by atoms with Gasteiger partial charge in [0.25, 0.3) is 0 Å². The third-order valence-corrected chi connectivity index (χ3v) is 5.95. The Kier molecular flexibility index (Phi) is 3.30. The Morgan fingerprint density at radius 3 is 2.71 bits per heavy atom. The van der Waals surface area contributed by atoms with Crippen LogP contribution in [0.1, 0.15) is 69.5 Å². The topological polar surface area (TPSA) is 74.2 Å². The van der Waals surface area contributed by atoms with Gasteiger partial charge in [0.2, 0.25) is 11.7 Å². The first-order valence-electron chi connectivity index (χ1n) is 8.47. The van der Waals surface area contributed by atoms with Crippen LogP contribution in [0.5, 0.6) is 0 Å². The van der Waals surface area contributed by atoms with Crippen molar-refractivity contribution in [2.75, 3.05) is 6.61 Å². The number of nitrogens with two attached hydrogens (primary N) is 1. The van der Waals surface area contributed by atoms with Gasteiger partial charge in [0.1, 0.15) is 5.60 Å². The molecule has 0 radical (unpaired) electrons. The summed E-state index contributed by atoms with van der Waals surface area (Å²) in [5.74, 6) is 3.08. The van der Waals surface area contributed by atoms with Crippen LogP contribution < -0.4 is 5.73 Å². The third-order valence-electron chi connectivity index (χ3n) is 5.95. The highest BCUT2D eigenvalue weighted by Gasteiger charge is 2.50. The molecule has 116 valence electrons. The van der Waals surface area contributed by atoms with Crippen molar-refractivity contribution in [1.82, 2.24) is 10.1 Å². The van der Waals surface area contributed by atoms with Gasteiger partial charge in [-0.25, -0.2) is 0 Å². The molecule has 4 atom stereocenters. The molecule has 1 aromatic rings. The summed E-state index contributed by atoms with van der Waals surface area (Å²) in [5.41, 5.74) is 6.08. The van der Waals surface area contributed by atoms with E-state index in [1.807, 2.05) is 6.92 Å². The Labute approximate surface area is 125 Å². The third kappa shape index (κ3) is 2.05. The summed E-state index contributed by atoms with van der Waals surface area (Å²) in [4.78, 5) is 4.75. The Morgan fingerprint density at radius 2 is 2.05 bits per heavy atom. The minimum Gasteiger partial charge on any atom is -0.367 e. The SMILES string of the molecule is CCOC1(c2noc(C3C4CCC(C4)C3N)n2)CCCC1. The van der Waals surface area contributed by atoms with Crippen molar-refractivity contribution in [3.05, 3.63) is 11.7 Å². The minimum atomic E-state index is -0.307. The zero-order chi connectivity index (χ0) is 14.4. The molecule has 0 spiro atoms. The first kappa shape index (κ1) is 13.7. The molecule has 2 N–H and O–H groups in total. The van der Waals surface area contributed by atoms with E-state index in [9.17, 15) is 0 Å². The maximum atomic E-state index is 6.39. The summed E-state index contributed by atoms with van der Waals surface area (Å²) in [6.45, 7) is 2.73. The zero-order valence-corrected chi connectivity index (χ0v) is 12.8. The van der Waals surface area contributed by atoms with Crippen LogP contribution in [0.25, 0.3) is 0 Å². The molecule has 0 amide bonds. The second-order valence-electron chi connectivity index (χ2n) is 7.03. The van der Waals surface area contributed by atoms with Crippen LogP contribution in [0.15, 0.2) is 4.52 Å². The molecule has 3 aliphatic rings. The Morgan fingerprint density at radius 1 is 1.29 bits per heavy atom. The van der Waals surface area contributed by atoms with E-state index in [1.54, 1.807) is 0 Å². The van der Waals surface area contributed by atoms with Crippen molar-refractivity contribution < 1.29 is 9.26 Å². The first-order chi connectivity index (χ1) is 10.2. The fourth-order valence-corrected chi connectivity index (χ4v) is 4.91. The van der Waals surface area contributed by atoms with Gasteiger partial charge in [0.05, 0.1) is 5.92 Å². The maximum absolute atomic E-state index is 6.39. The molecular weight excluding hydrogens is 266 g/mol. The van der Waals surface area contributed by atoms with Gasteiger partial charge in [0.15, 0.2) is 0 Å². The quantitative estimate of drug-likeness (QED) is 0.923. The maximum Gasteiger partial charge on any atom is 0.231 e. The van der Waals surface area contributed by atoms with E-state index in [1.165, 1.54) is 32.1 Å². The molecular formula is C16H25N3O2. The lowest BCUT2D eigenvalue weighted by Crippen LogP contribution is -2.34. The van der Waals surface area contributed by atoms with Crippen molar-refractivity contribution in [2.45, 2.75) is 69.4 Å². The fourth-order valence-electron chi connectivity index (χ4n) is 4.91. The Bertz CT molecular complexity index is 507. The molecule has 21 heavy (non-hydrogen) atoms.